The van der Waals surface area contributed by atoms with Gasteiger partial charge in [0.1, 0.15) is 0 Å². The van der Waals surface area contributed by atoms with E-state index in [0.717, 1.165) is 5.56 Å². The van der Waals surface area contributed by atoms with E-state index >= 15 is 0 Å². The Bertz CT molecular complexity index is 516. The topological polar surface area (TPSA) is 101 Å². The molecule has 0 saturated carbocycles. The Morgan fingerprint density at radius 3 is 2.26 bits per heavy atom. The van der Waals surface area contributed by atoms with Crippen molar-refractivity contribution >= 4 is 28.3 Å². The lowest BCUT2D eigenvalue weighted by molar-refractivity contribution is -0.120. The summed E-state index contributed by atoms with van der Waals surface area (Å²) < 4.78 is 22.2. The predicted molar refractivity (Wildman–Crippen MR) is 75.5 cm³/mol. The quantitative estimate of drug-likeness (QED) is 0.721. The lowest BCUT2D eigenvalue weighted by Crippen LogP contribution is -2.33. The Hall–Kier alpha value is -1.15. The maximum atomic E-state index is 11.4. The first-order valence-corrected chi connectivity index (χ1v) is 6.96. The molecule has 1 aromatic rings. The molecule has 6 nitrogen and oxygen atoms in total. The van der Waals surface area contributed by atoms with Gasteiger partial charge in [0.15, 0.2) is 0 Å². The largest absolute Gasteiger partial charge is 0.348 e. The number of rotatable bonds is 5. The molecule has 1 amide bonds. The second kappa shape index (κ2) is 7.44. The van der Waals surface area contributed by atoms with E-state index < -0.39 is 10.0 Å². The maximum absolute atomic E-state index is 11.4. The van der Waals surface area contributed by atoms with Crippen LogP contribution in [-0.2, 0) is 14.8 Å². The van der Waals surface area contributed by atoms with Gasteiger partial charge in [0.2, 0.25) is 15.9 Å². The normalized spacial score (nSPS) is 12.4. The summed E-state index contributed by atoms with van der Waals surface area (Å²) >= 11 is 0. The number of likely N-dealkylation sites (N-methyl/N-ethyl adjacent to an activating group) is 1. The summed E-state index contributed by atoms with van der Waals surface area (Å²) in [5, 5.41) is 10.5. The second-order valence-corrected chi connectivity index (χ2v) is 5.49. The molecule has 0 heterocycles. The summed E-state index contributed by atoms with van der Waals surface area (Å²) in [4.78, 5) is 11.4. The highest BCUT2D eigenvalue weighted by Crippen LogP contribution is 2.15. The minimum atomic E-state index is -3.67. The molecular weight excluding hydrogens is 290 g/mol. The molecule has 0 bridgehead atoms. The van der Waals surface area contributed by atoms with Gasteiger partial charge in [-0.3, -0.25) is 4.79 Å². The van der Waals surface area contributed by atoms with Crippen LogP contribution in [0.25, 0.3) is 0 Å². The van der Waals surface area contributed by atoms with E-state index in [1.807, 2.05) is 6.92 Å². The molecule has 0 aliphatic rings. The van der Waals surface area contributed by atoms with Gasteiger partial charge in [-0.2, -0.15) is 0 Å². The number of halogens is 1. The molecule has 0 spiro atoms. The molecule has 0 fully saturated rings. The van der Waals surface area contributed by atoms with Crippen LogP contribution in [0.15, 0.2) is 29.2 Å². The number of carbonyl (C=O) groups is 1. The van der Waals surface area contributed by atoms with E-state index in [-0.39, 0.29) is 35.8 Å². The van der Waals surface area contributed by atoms with E-state index in [1.54, 1.807) is 19.2 Å². The number of primary sulfonamides is 1. The summed E-state index contributed by atoms with van der Waals surface area (Å²) in [5.41, 5.74) is 0.812. The molecule has 8 heteroatoms. The number of hydrogen-bond donors (Lipinski definition) is 3. The highest BCUT2D eigenvalue weighted by molar-refractivity contribution is 7.89. The lowest BCUT2D eigenvalue weighted by atomic mass is 10.1. The van der Waals surface area contributed by atoms with Crippen LogP contribution in [0.1, 0.15) is 18.5 Å². The molecule has 0 aliphatic carbocycles. The van der Waals surface area contributed by atoms with Gasteiger partial charge < -0.3 is 10.6 Å². The zero-order valence-corrected chi connectivity index (χ0v) is 12.3. The Kier molecular flexibility index (Phi) is 6.99. The number of sulfonamides is 1. The third-order valence-electron chi connectivity index (χ3n) is 2.42. The van der Waals surface area contributed by atoms with Gasteiger partial charge in [0.05, 0.1) is 17.5 Å². The number of nitrogens with one attached hydrogen (secondary N) is 2. The third-order valence-corrected chi connectivity index (χ3v) is 3.35. The van der Waals surface area contributed by atoms with E-state index in [4.69, 9.17) is 5.14 Å². The number of hydrogen-bond acceptors (Lipinski definition) is 4. The number of benzene rings is 1. The standard InChI is InChI=1S/C11H17N3O3S.ClH/c1-8(14-11(15)7-13-2)9-3-5-10(6-4-9)18(12,16)17;/h3-6,8,13H,7H2,1-2H3,(H,14,15)(H2,12,16,17);1H. The van der Waals surface area contributed by atoms with Crippen molar-refractivity contribution in [2.45, 2.75) is 17.9 Å². The highest BCUT2D eigenvalue weighted by Gasteiger charge is 2.11. The van der Waals surface area contributed by atoms with Crippen molar-refractivity contribution in [2.75, 3.05) is 13.6 Å². The van der Waals surface area contributed by atoms with Crippen LogP contribution < -0.4 is 15.8 Å². The van der Waals surface area contributed by atoms with Crippen LogP contribution in [0.5, 0.6) is 0 Å². The molecule has 4 N–H and O–H groups in total. The Balaban J connectivity index is 0.00000324. The number of amides is 1. The Labute approximate surface area is 119 Å². The van der Waals surface area contributed by atoms with Crippen LogP contribution >= 0.6 is 12.4 Å². The van der Waals surface area contributed by atoms with Gasteiger partial charge in [-0.15, -0.1) is 12.4 Å². The molecule has 0 radical (unpaired) electrons. The molecule has 1 atom stereocenters. The van der Waals surface area contributed by atoms with Crippen molar-refractivity contribution in [1.82, 2.24) is 10.6 Å². The summed E-state index contributed by atoms with van der Waals surface area (Å²) in [6, 6.07) is 5.91. The van der Waals surface area contributed by atoms with Crippen molar-refractivity contribution in [3.63, 3.8) is 0 Å². The SMILES string of the molecule is CNCC(=O)NC(C)c1ccc(S(N)(=O)=O)cc1.Cl. The summed E-state index contributed by atoms with van der Waals surface area (Å²) in [6.45, 7) is 2.05. The van der Waals surface area contributed by atoms with Gasteiger partial charge >= 0.3 is 0 Å². The first-order valence-electron chi connectivity index (χ1n) is 5.41. The summed E-state index contributed by atoms with van der Waals surface area (Å²) in [7, 11) is -1.99. The van der Waals surface area contributed by atoms with Gasteiger partial charge in [-0.05, 0) is 31.7 Å². The van der Waals surface area contributed by atoms with Gasteiger partial charge in [-0.25, -0.2) is 13.6 Å². The molecule has 0 aliphatic heterocycles. The maximum Gasteiger partial charge on any atom is 0.238 e. The van der Waals surface area contributed by atoms with Gasteiger partial charge in [0.25, 0.3) is 0 Å². The highest BCUT2D eigenvalue weighted by atomic mass is 35.5. The van der Waals surface area contributed by atoms with Crippen LogP contribution in [0.2, 0.25) is 0 Å². The average molecular weight is 308 g/mol. The summed E-state index contributed by atoms with van der Waals surface area (Å²) in [6.07, 6.45) is 0. The summed E-state index contributed by atoms with van der Waals surface area (Å²) in [5.74, 6) is -0.125. The Morgan fingerprint density at radius 1 is 1.32 bits per heavy atom. The second-order valence-electron chi connectivity index (χ2n) is 3.93. The van der Waals surface area contributed by atoms with Crippen molar-refractivity contribution < 1.29 is 13.2 Å². The average Bonchev–Trinajstić information content (AvgIpc) is 2.28. The minimum Gasteiger partial charge on any atom is -0.348 e. The molecular formula is C11H18ClN3O3S. The molecule has 1 aromatic carbocycles. The van der Waals surface area contributed by atoms with Gasteiger partial charge in [-0.1, -0.05) is 12.1 Å². The van der Waals surface area contributed by atoms with Crippen molar-refractivity contribution in [1.29, 1.82) is 0 Å². The van der Waals surface area contributed by atoms with Crippen LogP contribution in [0.4, 0.5) is 0 Å². The molecule has 0 aromatic heterocycles. The third kappa shape index (κ3) is 5.56. The first-order chi connectivity index (χ1) is 8.34. The lowest BCUT2D eigenvalue weighted by Gasteiger charge is -2.14. The van der Waals surface area contributed by atoms with Gasteiger partial charge in [0, 0.05) is 0 Å². The van der Waals surface area contributed by atoms with Crippen molar-refractivity contribution in [3.8, 4) is 0 Å². The Morgan fingerprint density at radius 2 is 1.84 bits per heavy atom. The van der Waals surface area contributed by atoms with E-state index in [0.29, 0.717) is 0 Å². The number of nitrogens with two attached hydrogens (primary N) is 1. The zero-order chi connectivity index (χ0) is 13.8. The molecule has 19 heavy (non-hydrogen) atoms. The van der Waals surface area contributed by atoms with Crippen LogP contribution in [0.3, 0.4) is 0 Å². The molecule has 108 valence electrons. The molecule has 0 saturated heterocycles. The van der Waals surface area contributed by atoms with Crippen LogP contribution in [0, 0.1) is 0 Å². The first kappa shape index (κ1) is 17.8. The fourth-order valence-corrected chi connectivity index (χ4v) is 2.00. The van der Waals surface area contributed by atoms with Crippen molar-refractivity contribution in [2.24, 2.45) is 5.14 Å². The fraction of sp³-hybridized carbons (Fsp3) is 0.364. The predicted octanol–water partition coefficient (Wildman–Crippen LogP) is 0.152. The van der Waals surface area contributed by atoms with E-state index in [1.165, 1.54) is 12.1 Å². The monoisotopic (exact) mass is 307 g/mol. The van der Waals surface area contributed by atoms with E-state index in [2.05, 4.69) is 10.6 Å². The zero-order valence-electron chi connectivity index (χ0n) is 10.7. The molecule has 1 rings (SSSR count). The van der Waals surface area contributed by atoms with E-state index in [9.17, 15) is 13.2 Å². The molecule has 1 unspecified atom stereocenters. The number of carbonyl (C=O) groups excluding carboxylic acids is 1. The van der Waals surface area contributed by atoms with Crippen molar-refractivity contribution in [3.05, 3.63) is 29.8 Å². The smallest absolute Gasteiger partial charge is 0.238 e. The minimum absolute atomic E-state index is 0. The fourth-order valence-electron chi connectivity index (χ4n) is 1.48. The van der Waals surface area contributed by atoms with Crippen LogP contribution in [-0.4, -0.2) is 27.9 Å².